The molecule has 0 aliphatic heterocycles. The van der Waals surface area contributed by atoms with Gasteiger partial charge in [0, 0.05) is 12.6 Å². The molecule has 0 radical (unpaired) electrons. The molecule has 0 atom stereocenters. The smallest absolute Gasteiger partial charge is 0.352 e. The van der Waals surface area contributed by atoms with Gasteiger partial charge in [-0.2, -0.15) is 0 Å². The van der Waals surface area contributed by atoms with E-state index in [4.69, 9.17) is 15.3 Å². The molecule has 1 aromatic heterocycles. The first-order valence-electron chi connectivity index (χ1n) is 6.18. The fourth-order valence-corrected chi connectivity index (χ4v) is 2.48. The molecule has 1 aliphatic carbocycles. The molecule has 6 nitrogen and oxygen atoms in total. The molecule has 1 aromatic rings. The second-order valence-electron chi connectivity index (χ2n) is 4.29. The number of thiazole rings is 1. The van der Waals surface area contributed by atoms with Gasteiger partial charge in [0.05, 0.1) is 21.8 Å². The summed E-state index contributed by atoms with van der Waals surface area (Å²) in [7, 11) is 1.51. The fraction of sp³-hybridized carbons (Fsp3) is 0.214. The number of nitrogens with zero attached hydrogens (tertiary/aromatic N) is 1. The number of carboxylic acids is 1. The molecule has 110 valence electrons. The van der Waals surface area contributed by atoms with E-state index in [9.17, 15) is 4.79 Å². The number of hydrogen-bond acceptors (Lipinski definition) is 6. The van der Waals surface area contributed by atoms with Crippen LogP contribution in [0.5, 0.6) is 0 Å². The largest absolute Gasteiger partial charge is 0.488 e. The van der Waals surface area contributed by atoms with E-state index >= 15 is 0 Å². The Bertz CT molecular complexity index is 671. The van der Waals surface area contributed by atoms with Crippen LogP contribution in [0.25, 0.3) is 0 Å². The Kier molecular flexibility index (Phi) is 4.54. The standard InChI is InChI=1S/C14H15N3O3S/c1-8-12(21-7-17-8)6-20-9-3-4-11(15)10(5-9)13(16-2)14(18)19/h3-5,7,15-16H,6H2,1-2H3,(H,18,19)/b13-10-,15-11?. The predicted molar refractivity (Wildman–Crippen MR) is 80.3 cm³/mol. The van der Waals surface area contributed by atoms with Crippen molar-refractivity contribution in [3.05, 3.63) is 51.3 Å². The van der Waals surface area contributed by atoms with Crippen LogP contribution in [-0.4, -0.2) is 28.8 Å². The monoisotopic (exact) mass is 305 g/mol. The minimum atomic E-state index is -1.11. The number of aryl methyl sites for hydroxylation is 1. The number of allylic oxidation sites excluding steroid dienone is 4. The fourth-order valence-electron chi connectivity index (χ4n) is 1.79. The maximum Gasteiger partial charge on any atom is 0.352 e. The highest BCUT2D eigenvalue weighted by Gasteiger charge is 2.17. The summed E-state index contributed by atoms with van der Waals surface area (Å²) in [6.45, 7) is 2.28. The van der Waals surface area contributed by atoms with Crippen molar-refractivity contribution in [3.63, 3.8) is 0 Å². The van der Waals surface area contributed by atoms with Gasteiger partial charge in [-0.15, -0.1) is 11.3 Å². The second-order valence-corrected chi connectivity index (χ2v) is 5.23. The minimum absolute atomic E-state index is 0.0283. The Morgan fingerprint density at radius 1 is 1.52 bits per heavy atom. The van der Waals surface area contributed by atoms with Gasteiger partial charge in [0.2, 0.25) is 0 Å². The van der Waals surface area contributed by atoms with Crippen molar-refractivity contribution in [1.29, 1.82) is 5.41 Å². The van der Waals surface area contributed by atoms with Gasteiger partial charge in [0.1, 0.15) is 18.1 Å². The highest BCUT2D eigenvalue weighted by Crippen LogP contribution is 2.20. The molecule has 21 heavy (non-hydrogen) atoms. The Labute approximate surface area is 126 Å². The molecule has 0 aromatic carbocycles. The molecule has 0 spiro atoms. The van der Waals surface area contributed by atoms with Crippen LogP contribution < -0.4 is 5.32 Å². The first-order chi connectivity index (χ1) is 10.0. The molecular weight excluding hydrogens is 290 g/mol. The normalized spacial score (nSPS) is 16.5. The van der Waals surface area contributed by atoms with Gasteiger partial charge in [0.25, 0.3) is 0 Å². The SMILES string of the molecule is CN/C(C(=O)O)=C1/C=C(OCc2scnc2C)C=CC1=N. The van der Waals surface area contributed by atoms with E-state index in [2.05, 4.69) is 10.3 Å². The zero-order chi connectivity index (χ0) is 15.4. The third-order valence-electron chi connectivity index (χ3n) is 2.94. The van der Waals surface area contributed by atoms with Gasteiger partial charge in [-0.3, -0.25) is 0 Å². The molecule has 0 bridgehead atoms. The van der Waals surface area contributed by atoms with Crippen LogP contribution in [0.4, 0.5) is 0 Å². The van der Waals surface area contributed by atoms with E-state index < -0.39 is 5.97 Å². The molecule has 7 heteroatoms. The average Bonchev–Trinajstić information content (AvgIpc) is 2.85. The van der Waals surface area contributed by atoms with Gasteiger partial charge in [-0.25, -0.2) is 9.78 Å². The van der Waals surface area contributed by atoms with Gasteiger partial charge in [-0.05, 0) is 25.2 Å². The van der Waals surface area contributed by atoms with E-state index in [1.165, 1.54) is 24.5 Å². The summed E-state index contributed by atoms with van der Waals surface area (Å²) in [6.07, 6.45) is 4.72. The number of carboxylic acid groups (broad SMARTS) is 1. The van der Waals surface area contributed by atoms with Crippen molar-refractivity contribution < 1.29 is 14.6 Å². The lowest BCUT2D eigenvalue weighted by Gasteiger charge is -2.14. The van der Waals surface area contributed by atoms with Crippen molar-refractivity contribution in [3.8, 4) is 0 Å². The molecule has 0 saturated carbocycles. The van der Waals surface area contributed by atoms with Crippen LogP contribution >= 0.6 is 11.3 Å². The number of aliphatic carboxylic acids is 1. The number of carbonyl (C=O) groups is 1. The average molecular weight is 305 g/mol. The summed E-state index contributed by atoms with van der Waals surface area (Å²) >= 11 is 1.51. The van der Waals surface area contributed by atoms with Gasteiger partial charge in [0.15, 0.2) is 0 Å². The van der Waals surface area contributed by atoms with Crippen LogP contribution in [0.15, 0.2) is 40.8 Å². The minimum Gasteiger partial charge on any atom is -0.488 e. The number of nitrogens with one attached hydrogen (secondary N) is 2. The number of likely N-dealkylation sites (N-methyl/N-ethyl adjacent to an activating group) is 1. The van der Waals surface area contributed by atoms with Crippen molar-refractivity contribution in [2.75, 3.05) is 7.05 Å². The zero-order valence-corrected chi connectivity index (χ0v) is 12.5. The molecule has 0 unspecified atom stereocenters. The van der Waals surface area contributed by atoms with Crippen molar-refractivity contribution in [2.45, 2.75) is 13.5 Å². The van der Waals surface area contributed by atoms with Crippen molar-refractivity contribution in [2.24, 2.45) is 0 Å². The molecule has 0 fully saturated rings. The Hall–Kier alpha value is -2.41. The van der Waals surface area contributed by atoms with E-state index in [0.29, 0.717) is 17.9 Å². The highest BCUT2D eigenvalue weighted by molar-refractivity contribution is 7.09. The van der Waals surface area contributed by atoms with Gasteiger partial charge >= 0.3 is 5.97 Å². The predicted octanol–water partition coefficient (Wildman–Crippen LogP) is 2.00. The third-order valence-corrected chi connectivity index (χ3v) is 3.85. The van der Waals surface area contributed by atoms with Gasteiger partial charge < -0.3 is 20.6 Å². The van der Waals surface area contributed by atoms with Crippen LogP contribution in [0.2, 0.25) is 0 Å². The van der Waals surface area contributed by atoms with E-state index in [1.54, 1.807) is 17.7 Å². The van der Waals surface area contributed by atoms with Crippen LogP contribution in [0, 0.1) is 12.3 Å². The molecular formula is C14H15N3O3S. The van der Waals surface area contributed by atoms with E-state index in [1.807, 2.05) is 6.92 Å². The number of hydrogen-bond donors (Lipinski definition) is 3. The summed E-state index contributed by atoms with van der Waals surface area (Å²) in [6, 6.07) is 0. The third kappa shape index (κ3) is 3.38. The first-order valence-corrected chi connectivity index (χ1v) is 7.06. The molecule has 1 heterocycles. The van der Waals surface area contributed by atoms with Gasteiger partial charge in [-0.1, -0.05) is 0 Å². The lowest BCUT2D eigenvalue weighted by molar-refractivity contribution is -0.133. The summed E-state index contributed by atoms with van der Waals surface area (Å²) in [4.78, 5) is 16.3. The Balaban J connectivity index is 2.21. The second kappa shape index (κ2) is 6.36. The Morgan fingerprint density at radius 3 is 2.86 bits per heavy atom. The van der Waals surface area contributed by atoms with Crippen molar-refractivity contribution in [1.82, 2.24) is 10.3 Å². The molecule has 0 amide bonds. The lowest BCUT2D eigenvalue weighted by atomic mass is 10.0. The summed E-state index contributed by atoms with van der Waals surface area (Å²) < 4.78 is 5.65. The summed E-state index contributed by atoms with van der Waals surface area (Å²) in [5, 5.41) is 19.5. The molecule has 2 rings (SSSR count). The molecule has 3 N–H and O–H groups in total. The maximum absolute atomic E-state index is 11.2. The summed E-state index contributed by atoms with van der Waals surface area (Å²) in [5.74, 6) is -0.593. The van der Waals surface area contributed by atoms with E-state index in [-0.39, 0.29) is 11.4 Å². The zero-order valence-electron chi connectivity index (χ0n) is 11.6. The first kappa shape index (κ1) is 15.0. The summed E-state index contributed by atoms with van der Waals surface area (Å²) in [5.41, 5.74) is 3.07. The maximum atomic E-state index is 11.2. The number of rotatable bonds is 5. The topological polar surface area (TPSA) is 95.3 Å². The van der Waals surface area contributed by atoms with Crippen LogP contribution in [0.3, 0.4) is 0 Å². The Morgan fingerprint density at radius 2 is 2.29 bits per heavy atom. The quantitative estimate of drug-likeness (QED) is 0.723. The van der Waals surface area contributed by atoms with Crippen molar-refractivity contribution >= 4 is 23.0 Å². The van der Waals surface area contributed by atoms with Crippen LogP contribution in [0.1, 0.15) is 10.6 Å². The van der Waals surface area contributed by atoms with E-state index in [0.717, 1.165) is 10.6 Å². The number of aromatic nitrogens is 1. The number of ether oxygens (including phenoxy) is 1. The highest BCUT2D eigenvalue weighted by atomic mass is 32.1. The van der Waals surface area contributed by atoms with Crippen LogP contribution in [-0.2, 0) is 16.1 Å². The molecule has 1 aliphatic rings. The lowest BCUT2D eigenvalue weighted by Crippen LogP contribution is -2.21. The molecule has 0 saturated heterocycles.